The molecule has 0 amide bonds. The molecule has 16 heavy (non-hydrogen) atoms. The van der Waals surface area contributed by atoms with Gasteiger partial charge in [-0.15, -0.1) is 0 Å². The second-order valence-electron chi connectivity index (χ2n) is 3.51. The number of halogens is 2. The fourth-order valence-corrected chi connectivity index (χ4v) is 1.59. The topological polar surface area (TPSA) is 52.4 Å². The quantitative estimate of drug-likeness (QED) is 0.613. The number of nitrogens with zero attached hydrogens (tertiary/aromatic N) is 1. The highest BCUT2D eigenvalue weighted by Gasteiger charge is 2.16. The molecule has 1 aromatic rings. The average molecular weight is 264 g/mol. The van der Waals surface area contributed by atoms with E-state index >= 15 is 0 Å². The molecule has 4 nitrogen and oxygen atoms in total. The summed E-state index contributed by atoms with van der Waals surface area (Å²) in [5, 5.41) is 11.1. The van der Waals surface area contributed by atoms with Gasteiger partial charge in [-0.25, -0.2) is 0 Å². The van der Waals surface area contributed by atoms with Crippen molar-refractivity contribution in [3.8, 4) is 0 Å². The summed E-state index contributed by atoms with van der Waals surface area (Å²) in [5.41, 5.74) is 0.403. The van der Waals surface area contributed by atoms with Gasteiger partial charge in [0.05, 0.1) is 17.6 Å². The first kappa shape index (κ1) is 13.2. The van der Waals surface area contributed by atoms with Gasteiger partial charge in [0.15, 0.2) is 0 Å². The monoisotopic (exact) mass is 263 g/mol. The van der Waals surface area contributed by atoms with Gasteiger partial charge in [-0.1, -0.05) is 23.2 Å². The largest absolute Gasteiger partial charge is 0.374 e. The molecule has 0 unspecified atom stereocenters. The van der Waals surface area contributed by atoms with Crippen molar-refractivity contribution in [1.82, 2.24) is 0 Å². The van der Waals surface area contributed by atoms with Crippen LogP contribution in [0.1, 0.15) is 19.4 Å². The van der Waals surface area contributed by atoms with Crippen LogP contribution in [0.15, 0.2) is 12.1 Å². The van der Waals surface area contributed by atoms with Crippen molar-refractivity contribution in [1.29, 1.82) is 0 Å². The molecule has 0 bridgehead atoms. The highest BCUT2D eigenvalue weighted by atomic mass is 35.5. The predicted octanol–water partition coefficient (Wildman–Crippen LogP) is 3.83. The normalized spacial score (nSPS) is 10.8. The number of nitro groups is 1. The van der Waals surface area contributed by atoms with Crippen molar-refractivity contribution in [3.05, 3.63) is 37.9 Å². The minimum absolute atomic E-state index is 0.0308. The third kappa shape index (κ3) is 3.33. The van der Waals surface area contributed by atoms with Gasteiger partial charge < -0.3 is 4.74 Å². The predicted molar refractivity (Wildman–Crippen MR) is 63.0 cm³/mol. The van der Waals surface area contributed by atoms with Crippen LogP contribution in [0.5, 0.6) is 0 Å². The second-order valence-corrected chi connectivity index (χ2v) is 4.33. The van der Waals surface area contributed by atoms with Crippen LogP contribution in [-0.4, -0.2) is 11.0 Å². The second kappa shape index (κ2) is 5.48. The van der Waals surface area contributed by atoms with E-state index in [1.54, 1.807) is 0 Å². The minimum atomic E-state index is -0.544. The first-order valence-corrected chi connectivity index (χ1v) is 5.41. The Morgan fingerprint density at radius 3 is 2.50 bits per heavy atom. The van der Waals surface area contributed by atoms with E-state index in [1.165, 1.54) is 12.1 Å². The summed E-state index contributed by atoms with van der Waals surface area (Å²) in [4.78, 5) is 10.1. The SMILES string of the molecule is CC(C)OCc1cc([N+](=O)[O-])c(Cl)cc1Cl. The molecule has 0 saturated carbocycles. The van der Waals surface area contributed by atoms with Crippen LogP contribution in [0.4, 0.5) is 5.69 Å². The Morgan fingerprint density at radius 2 is 2.00 bits per heavy atom. The van der Waals surface area contributed by atoms with E-state index in [-0.39, 0.29) is 23.4 Å². The van der Waals surface area contributed by atoms with Crippen molar-refractivity contribution >= 4 is 28.9 Å². The molecule has 0 atom stereocenters. The smallest absolute Gasteiger partial charge is 0.288 e. The maximum Gasteiger partial charge on any atom is 0.288 e. The lowest BCUT2D eigenvalue weighted by Crippen LogP contribution is -2.03. The summed E-state index contributed by atoms with van der Waals surface area (Å²) < 4.78 is 5.33. The summed E-state index contributed by atoms with van der Waals surface area (Å²) in [6, 6.07) is 2.70. The van der Waals surface area contributed by atoms with Gasteiger partial charge in [0.1, 0.15) is 5.02 Å². The van der Waals surface area contributed by atoms with Crippen molar-refractivity contribution < 1.29 is 9.66 Å². The maximum atomic E-state index is 10.7. The molecule has 1 aromatic carbocycles. The Labute approximate surface area is 103 Å². The highest BCUT2D eigenvalue weighted by Crippen LogP contribution is 2.31. The van der Waals surface area contributed by atoms with Crippen molar-refractivity contribution in [2.24, 2.45) is 0 Å². The summed E-state index contributed by atoms with van der Waals surface area (Å²) in [6.45, 7) is 3.98. The van der Waals surface area contributed by atoms with Crippen LogP contribution in [-0.2, 0) is 11.3 Å². The number of benzene rings is 1. The van der Waals surface area contributed by atoms with Gasteiger partial charge in [0.25, 0.3) is 5.69 Å². The van der Waals surface area contributed by atoms with Gasteiger partial charge in [-0.3, -0.25) is 10.1 Å². The van der Waals surface area contributed by atoms with Crippen molar-refractivity contribution in [2.45, 2.75) is 26.6 Å². The lowest BCUT2D eigenvalue weighted by molar-refractivity contribution is -0.384. The Hall–Kier alpha value is -0.840. The van der Waals surface area contributed by atoms with Gasteiger partial charge >= 0.3 is 0 Å². The molecule has 0 radical (unpaired) electrons. The molecule has 6 heteroatoms. The fourth-order valence-electron chi connectivity index (χ4n) is 1.09. The van der Waals surface area contributed by atoms with E-state index in [4.69, 9.17) is 27.9 Å². The lowest BCUT2D eigenvalue weighted by atomic mass is 10.2. The highest BCUT2D eigenvalue weighted by molar-refractivity contribution is 6.36. The Bertz CT molecular complexity index is 407. The van der Waals surface area contributed by atoms with Crippen LogP contribution in [0.25, 0.3) is 0 Å². The maximum absolute atomic E-state index is 10.7. The zero-order valence-electron chi connectivity index (χ0n) is 8.87. The van der Waals surface area contributed by atoms with Gasteiger partial charge in [-0.05, 0) is 19.9 Å². The molecule has 0 aliphatic carbocycles. The summed E-state index contributed by atoms with van der Waals surface area (Å²) in [6.07, 6.45) is 0.0331. The van der Waals surface area contributed by atoms with Crippen LogP contribution < -0.4 is 0 Å². The fraction of sp³-hybridized carbons (Fsp3) is 0.400. The van der Waals surface area contributed by atoms with Crippen LogP contribution in [0.3, 0.4) is 0 Å². The molecule has 0 saturated heterocycles. The number of rotatable bonds is 4. The minimum Gasteiger partial charge on any atom is -0.374 e. The van der Waals surface area contributed by atoms with E-state index in [2.05, 4.69) is 0 Å². The zero-order valence-corrected chi connectivity index (χ0v) is 10.4. The van der Waals surface area contributed by atoms with Crippen molar-refractivity contribution in [2.75, 3.05) is 0 Å². The van der Waals surface area contributed by atoms with Crippen molar-refractivity contribution in [3.63, 3.8) is 0 Å². The Kier molecular flexibility index (Phi) is 4.53. The van der Waals surface area contributed by atoms with E-state index in [1.807, 2.05) is 13.8 Å². The van der Waals surface area contributed by atoms with Gasteiger partial charge in [-0.2, -0.15) is 0 Å². The average Bonchev–Trinajstić information content (AvgIpc) is 2.15. The molecule has 1 rings (SSSR count). The first-order chi connectivity index (χ1) is 7.41. The molecule has 0 heterocycles. The molecule has 0 aliphatic rings. The van der Waals surface area contributed by atoms with E-state index in [9.17, 15) is 10.1 Å². The lowest BCUT2D eigenvalue weighted by Gasteiger charge is -2.09. The summed E-state index contributed by atoms with van der Waals surface area (Å²) >= 11 is 11.6. The molecule has 88 valence electrons. The molecule has 0 fully saturated rings. The Morgan fingerprint density at radius 1 is 1.38 bits per heavy atom. The van der Waals surface area contributed by atoms with Crippen LogP contribution in [0.2, 0.25) is 10.0 Å². The first-order valence-electron chi connectivity index (χ1n) is 4.65. The number of hydrogen-bond donors (Lipinski definition) is 0. The van der Waals surface area contributed by atoms with E-state index in [0.717, 1.165) is 0 Å². The molecular formula is C10H11Cl2NO3. The number of nitro benzene ring substituents is 1. The zero-order chi connectivity index (χ0) is 12.3. The van der Waals surface area contributed by atoms with E-state index in [0.29, 0.717) is 10.6 Å². The summed E-state index contributed by atoms with van der Waals surface area (Å²) in [7, 11) is 0. The molecular weight excluding hydrogens is 253 g/mol. The number of hydrogen-bond acceptors (Lipinski definition) is 3. The third-order valence-electron chi connectivity index (χ3n) is 1.88. The molecule has 0 spiro atoms. The van der Waals surface area contributed by atoms with Gasteiger partial charge in [0, 0.05) is 16.7 Å². The van der Waals surface area contributed by atoms with E-state index < -0.39 is 4.92 Å². The summed E-state index contributed by atoms with van der Waals surface area (Å²) in [5.74, 6) is 0. The molecule has 0 aliphatic heterocycles. The van der Waals surface area contributed by atoms with Gasteiger partial charge in [0.2, 0.25) is 0 Å². The Balaban J connectivity index is 3.00. The molecule has 0 N–H and O–H groups in total. The standard InChI is InChI=1S/C10H11Cl2NO3/c1-6(2)16-5-7-3-10(13(14)15)9(12)4-8(7)11/h3-4,6H,5H2,1-2H3. The molecule has 0 aromatic heterocycles. The third-order valence-corrected chi connectivity index (χ3v) is 2.54. The number of ether oxygens (including phenoxy) is 1. The van der Waals surface area contributed by atoms with Crippen LogP contribution >= 0.6 is 23.2 Å². The van der Waals surface area contributed by atoms with Crippen LogP contribution in [0, 0.1) is 10.1 Å².